The molecule has 1 rings (SSSR count). The van der Waals surface area contributed by atoms with Gasteiger partial charge in [0.1, 0.15) is 11.8 Å². The van der Waals surface area contributed by atoms with E-state index in [0.717, 1.165) is 0 Å². The molecule has 0 aliphatic rings. The Balaban J connectivity index is 2.90. The fourth-order valence-corrected chi connectivity index (χ4v) is 2.85. The van der Waals surface area contributed by atoms with Crippen LogP contribution in [0.25, 0.3) is 0 Å². The Kier molecular flexibility index (Phi) is 5.97. The SMILES string of the molecule is CCOc1ccc(S(=O)(=O)NC(CC)C(=O)OC)cc1. The van der Waals surface area contributed by atoms with Gasteiger partial charge in [-0.25, -0.2) is 8.42 Å². The van der Waals surface area contributed by atoms with Crippen LogP contribution in [0.4, 0.5) is 0 Å². The molecule has 1 aromatic carbocycles. The molecular weight excluding hydrogens is 282 g/mol. The third-order valence-corrected chi connectivity index (χ3v) is 4.12. The molecule has 112 valence electrons. The number of rotatable bonds is 7. The lowest BCUT2D eigenvalue weighted by Gasteiger charge is -2.15. The van der Waals surface area contributed by atoms with Crippen LogP contribution in [0.2, 0.25) is 0 Å². The lowest BCUT2D eigenvalue weighted by molar-refractivity contribution is -0.142. The molecule has 0 saturated carbocycles. The third kappa shape index (κ3) is 4.21. The molecule has 6 nitrogen and oxygen atoms in total. The summed E-state index contributed by atoms with van der Waals surface area (Å²) in [5, 5.41) is 0. The van der Waals surface area contributed by atoms with Gasteiger partial charge in [0.2, 0.25) is 10.0 Å². The summed E-state index contributed by atoms with van der Waals surface area (Å²) in [5.41, 5.74) is 0. The second kappa shape index (κ2) is 7.25. The van der Waals surface area contributed by atoms with Crippen LogP contribution in [-0.2, 0) is 19.6 Å². The van der Waals surface area contributed by atoms with Crippen molar-refractivity contribution in [1.29, 1.82) is 0 Å². The number of esters is 1. The molecule has 0 aliphatic heterocycles. The van der Waals surface area contributed by atoms with E-state index in [1.807, 2.05) is 6.92 Å². The Labute approximate surface area is 119 Å². The van der Waals surface area contributed by atoms with Gasteiger partial charge < -0.3 is 9.47 Å². The Morgan fingerprint density at radius 3 is 2.30 bits per heavy atom. The standard InChI is InChI=1S/C13H19NO5S/c1-4-12(13(15)18-3)14-20(16,17)11-8-6-10(7-9-11)19-5-2/h6-9,12,14H,4-5H2,1-3H3. The summed E-state index contributed by atoms with van der Waals surface area (Å²) in [4.78, 5) is 11.5. The second-order valence-corrected chi connectivity index (χ2v) is 5.72. The fourth-order valence-electron chi connectivity index (χ4n) is 1.58. The van der Waals surface area contributed by atoms with Crippen molar-refractivity contribution in [2.45, 2.75) is 31.2 Å². The third-order valence-electron chi connectivity index (χ3n) is 2.64. The van der Waals surface area contributed by atoms with Gasteiger partial charge in [-0.15, -0.1) is 0 Å². The molecule has 1 aromatic rings. The van der Waals surface area contributed by atoms with Crippen molar-refractivity contribution in [3.05, 3.63) is 24.3 Å². The Hall–Kier alpha value is -1.60. The fraction of sp³-hybridized carbons (Fsp3) is 0.462. The molecule has 0 aromatic heterocycles. The number of methoxy groups -OCH3 is 1. The zero-order valence-corrected chi connectivity index (χ0v) is 12.6. The average Bonchev–Trinajstić information content (AvgIpc) is 2.45. The van der Waals surface area contributed by atoms with Crippen LogP contribution in [0, 0.1) is 0 Å². The number of hydrogen-bond donors (Lipinski definition) is 1. The predicted molar refractivity (Wildman–Crippen MR) is 74.0 cm³/mol. The lowest BCUT2D eigenvalue weighted by atomic mass is 10.2. The summed E-state index contributed by atoms with van der Waals surface area (Å²) >= 11 is 0. The van der Waals surface area contributed by atoms with Crippen molar-refractivity contribution in [3.63, 3.8) is 0 Å². The second-order valence-electron chi connectivity index (χ2n) is 4.01. The van der Waals surface area contributed by atoms with Gasteiger partial charge in [-0.1, -0.05) is 6.92 Å². The summed E-state index contributed by atoms with van der Waals surface area (Å²) in [6.07, 6.45) is 0.308. The van der Waals surface area contributed by atoms with E-state index in [4.69, 9.17) is 4.74 Å². The van der Waals surface area contributed by atoms with Crippen LogP contribution < -0.4 is 9.46 Å². The molecule has 0 saturated heterocycles. The van der Waals surface area contributed by atoms with E-state index in [0.29, 0.717) is 18.8 Å². The Morgan fingerprint density at radius 2 is 1.85 bits per heavy atom. The summed E-state index contributed by atoms with van der Waals surface area (Å²) < 4.78 is 36.4. The van der Waals surface area contributed by atoms with E-state index in [-0.39, 0.29) is 4.90 Å². The molecule has 1 atom stereocenters. The Bertz CT molecular complexity index is 538. The van der Waals surface area contributed by atoms with Crippen LogP contribution >= 0.6 is 0 Å². The predicted octanol–water partition coefficient (Wildman–Crippen LogP) is 1.32. The molecule has 0 aliphatic carbocycles. The highest BCUT2D eigenvalue weighted by Gasteiger charge is 2.24. The maximum atomic E-state index is 12.1. The van der Waals surface area contributed by atoms with E-state index in [1.165, 1.54) is 19.2 Å². The largest absolute Gasteiger partial charge is 0.494 e. The van der Waals surface area contributed by atoms with Gasteiger partial charge in [0.25, 0.3) is 0 Å². The minimum atomic E-state index is -3.76. The lowest BCUT2D eigenvalue weighted by Crippen LogP contribution is -2.40. The average molecular weight is 301 g/mol. The molecule has 0 amide bonds. The van der Waals surface area contributed by atoms with E-state index in [9.17, 15) is 13.2 Å². The first-order valence-electron chi connectivity index (χ1n) is 6.27. The van der Waals surface area contributed by atoms with E-state index in [2.05, 4.69) is 9.46 Å². The Morgan fingerprint density at radius 1 is 1.25 bits per heavy atom. The molecule has 0 bridgehead atoms. The van der Waals surface area contributed by atoms with Crippen molar-refractivity contribution in [2.24, 2.45) is 0 Å². The number of ether oxygens (including phenoxy) is 2. The quantitative estimate of drug-likeness (QED) is 0.768. The van der Waals surface area contributed by atoms with Crippen molar-refractivity contribution in [2.75, 3.05) is 13.7 Å². The van der Waals surface area contributed by atoms with Crippen molar-refractivity contribution in [3.8, 4) is 5.75 Å². The normalized spacial score (nSPS) is 12.8. The van der Waals surface area contributed by atoms with Gasteiger partial charge in [-0.3, -0.25) is 4.79 Å². The minimum absolute atomic E-state index is 0.0725. The first kappa shape index (κ1) is 16.5. The van der Waals surface area contributed by atoms with E-state index < -0.39 is 22.0 Å². The molecule has 0 radical (unpaired) electrons. The summed E-state index contributed by atoms with van der Waals surface area (Å²) in [7, 11) is -2.55. The highest BCUT2D eigenvalue weighted by molar-refractivity contribution is 7.89. The van der Waals surface area contributed by atoms with Gasteiger partial charge in [0.05, 0.1) is 18.6 Å². The smallest absolute Gasteiger partial charge is 0.323 e. The van der Waals surface area contributed by atoms with Gasteiger partial charge in [0, 0.05) is 0 Å². The number of sulfonamides is 1. The topological polar surface area (TPSA) is 81.7 Å². The van der Waals surface area contributed by atoms with Crippen LogP contribution in [0.3, 0.4) is 0 Å². The zero-order valence-electron chi connectivity index (χ0n) is 11.8. The van der Waals surface area contributed by atoms with Crippen molar-refractivity contribution < 1.29 is 22.7 Å². The molecule has 7 heteroatoms. The molecule has 0 fully saturated rings. The maximum Gasteiger partial charge on any atom is 0.323 e. The van der Waals surface area contributed by atoms with Gasteiger partial charge in [-0.05, 0) is 37.6 Å². The van der Waals surface area contributed by atoms with Crippen LogP contribution in [0.15, 0.2) is 29.2 Å². The summed E-state index contributed by atoms with van der Waals surface area (Å²) in [5.74, 6) is -0.0199. The van der Waals surface area contributed by atoms with E-state index >= 15 is 0 Å². The molecule has 20 heavy (non-hydrogen) atoms. The summed E-state index contributed by atoms with van der Waals surface area (Å²) in [6.45, 7) is 4.04. The molecule has 1 unspecified atom stereocenters. The highest BCUT2D eigenvalue weighted by atomic mass is 32.2. The number of nitrogens with one attached hydrogen (secondary N) is 1. The highest BCUT2D eigenvalue weighted by Crippen LogP contribution is 2.16. The molecule has 1 N–H and O–H groups in total. The maximum absolute atomic E-state index is 12.1. The van der Waals surface area contributed by atoms with Gasteiger partial charge >= 0.3 is 5.97 Å². The van der Waals surface area contributed by atoms with Crippen LogP contribution in [-0.4, -0.2) is 34.1 Å². The van der Waals surface area contributed by atoms with Gasteiger partial charge in [-0.2, -0.15) is 4.72 Å². The molecular formula is C13H19NO5S. The van der Waals surface area contributed by atoms with Crippen LogP contribution in [0.1, 0.15) is 20.3 Å². The molecule has 0 spiro atoms. The van der Waals surface area contributed by atoms with Crippen LogP contribution in [0.5, 0.6) is 5.75 Å². The van der Waals surface area contributed by atoms with Crippen molar-refractivity contribution in [1.82, 2.24) is 4.72 Å². The van der Waals surface area contributed by atoms with E-state index in [1.54, 1.807) is 19.1 Å². The zero-order chi connectivity index (χ0) is 15.2. The minimum Gasteiger partial charge on any atom is -0.494 e. The number of carbonyl (C=O) groups excluding carboxylic acids is 1. The summed E-state index contributed by atoms with van der Waals surface area (Å²) in [6, 6.07) is 5.10. The first-order chi connectivity index (χ1) is 9.44. The molecule has 0 heterocycles. The monoisotopic (exact) mass is 301 g/mol. The first-order valence-corrected chi connectivity index (χ1v) is 7.76. The number of carbonyl (C=O) groups is 1. The number of hydrogen-bond acceptors (Lipinski definition) is 5. The number of benzene rings is 1. The van der Waals surface area contributed by atoms with Gasteiger partial charge in [0.15, 0.2) is 0 Å². The van der Waals surface area contributed by atoms with Crippen molar-refractivity contribution >= 4 is 16.0 Å².